The Labute approximate surface area is 128 Å². The van der Waals surface area contributed by atoms with E-state index in [-0.39, 0.29) is 0 Å². The van der Waals surface area contributed by atoms with Gasteiger partial charge in [0.2, 0.25) is 0 Å². The van der Waals surface area contributed by atoms with E-state index >= 15 is 0 Å². The molecule has 4 heteroatoms. The Morgan fingerprint density at radius 1 is 0.955 bits per heavy atom. The average Bonchev–Trinajstić information content (AvgIpc) is 2.55. The van der Waals surface area contributed by atoms with Gasteiger partial charge in [-0.3, -0.25) is 0 Å². The van der Waals surface area contributed by atoms with Gasteiger partial charge in [-0.25, -0.2) is 4.98 Å². The second-order valence-electron chi connectivity index (χ2n) is 5.39. The molecule has 0 amide bonds. The first-order valence-electron chi connectivity index (χ1n) is 7.20. The van der Waals surface area contributed by atoms with Gasteiger partial charge in [0, 0.05) is 5.39 Å². The van der Waals surface area contributed by atoms with E-state index in [2.05, 4.69) is 4.98 Å². The topological polar surface area (TPSA) is 51.6 Å². The van der Waals surface area contributed by atoms with E-state index in [0.717, 1.165) is 10.9 Å². The van der Waals surface area contributed by atoms with Crippen LogP contribution < -0.4 is 9.47 Å². The van der Waals surface area contributed by atoms with Gasteiger partial charge in [-0.1, -0.05) is 36.4 Å². The van der Waals surface area contributed by atoms with Crippen molar-refractivity contribution in [3.63, 3.8) is 0 Å². The van der Waals surface area contributed by atoms with Crippen LogP contribution in [0.2, 0.25) is 0 Å². The fourth-order valence-electron chi connectivity index (χ4n) is 2.68. The van der Waals surface area contributed by atoms with Crippen molar-refractivity contribution < 1.29 is 14.6 Å². The van der Waals surface area contributed by atoms with Crippen molar-refractivity contribution in [2.24, 2.45) is 0 Å². The lowest BCUT2D eigenvalue weighted by Crippen LogP contribution is -2.49. The van der Waals surface area contributed by atoms with Crippen LogP contribution in [0.1, 0.15) is 12.6 Å². The summed E-state index contributed by atoms with van der Waals surface area (Å²) in [6.07, 6.45) is -0.573. The number of ether oxygens (including phenoxy) is 2. The summed E-state index contributed by atoms with van der Waals surface area (Å²) in [5.41, 5.74) is 1.25. The summed E-state index contributed by atoms with van der Waals surface area (Å²) < 4.78 is 11.6. The summed E-state index contributed by atoms with van der Waals surface area (Å²) in [7, 11) is 0. The van der Waals surface area contributed by atoms with Crippen LogP contribution >= 0.6 is 0 Å². The van der Waals surface area contributed by atoms with Crippen LogP contribution in [0.5, 0.6) is 11.5 Å². The molecule has 1 aliphatic heterocycles. The summed E-state index contributed by atoms with van der Waals surface area (Å²) in [4.78, 5) is 4.54. The van der Waals surface area contributed by atoms with Crippen LogP contribution in [0.25, 0.3) is 10.9 Å². The molecule has 4 rings (SSSR count). The average molecular weight is 293 g/mol. The number of para-hydroxylation sites is 3. The second-order valence-corrected chi connectivity index (χ2v) is 5.39. The van der Waals surface area contributed by atoms with E-state index in [0.29, 0.717) is 17.2 Å². The highest BCUT2D eigenvalue weighted by molar-refractivity contribution is 5.78. The number of aliphatic hydroxyl groups is 1. The van der Waals surface area contributed by atoms with Crippen molar-refractivity contribution in [3.8, 4) is 11.5 Å². The molecule has 1 aliphatic rings. The van der Waals surface area contributed by atoms with Crippen molar-refractivity contribution in [1.29, 1.82) is 0 Å². The Morgan fingerprint density at radius 3 is 2.55 bits per heavy atom. The minimum absolute atomic E-state index is 0.438. The molecule has 4 nitrogen and oxygen atoms in total. The molecular weight excluding hydrogens is 278 g/mol. The second kappa shape index (κ2) is 4.71. The van der Waals surface area contributed by atoms with Crippen LogP contribution in [0.3, 0.4) is 0 Å². The fraction of sp³-hybridized carbons (Fsp3) is 0.167. The largest absolute Gasteiger partial charge is 0.479 e. The minimum atomic E-state index is -1.61. The predicted molar refractivity (Wildman–Crippen MR) is 82.8 cm³/mol. The number of hydrogen-bond donors (Lipinski definition) is 1. The first-order chi connectivity index (χ1) is 10.7. The lowest BCUT2D eigenvalue weighted by atomic mass is 10.0. The number of rotatable bonds is 1. The number of nitrogens with zero attached hydrogens (tertiary/aromatic N) is 1. The maximum absolute atomic E-state index is 11.0. The van der Waals surface area contributed by atoms with Crippen molar-refractivity contribution in [2.45, 2.75) is 18.8 Å². The van der Waals surface area contributed by atoms with Gasteiger partial charge in [0.05, 0.1) is 5.52 Å². The normalized spacial score (nSPS) is 23.5. The van der Waals surface area contributed by atoms with Gasteiger partial charge in [-0.05, 0) is 31.2 Å². The Hall–Kier alpha value is -2.59. The van der Waals surface area contributed by atoms with Crippen LogP contribution in [0.15, 0.2) is 60.7 Å². The van der Waals surface area contributed by atoms with Gasteiger partial charge in [0.1, 0.15) is 5.69 Å². The van der Waals surface area contributed by atoms with Crippen molar-refractivity contribution in [2.75, 3.05) is 0 Å². The fourth-order valence-corrected chi connectivity index (χ4v) is 2.68. The molecule has 2 atom stereocenters. The molecule has 110 valence electrons. The molecule has 1 N–H and O–H groups in total. The minimum Gasteiger partial charge on any atom is -0.479 e. The highest BCUT2D eigenvalue weighted by Crippen LogP contribution is 2.41. The van der Waals surface area contributed by atoms with E-state index in [1.165, 1.54) is 0 Å². The number of aromatic nitrogens is 1. The molecule has 2 heterocycles. The Morgan fingerprint density at radius 2 is 1.68 bits per heavy atom. The smallest absolute Gasteiger partial charge is 0.289 e. The molecule has 0 bridgehead atoms. The number of benzene rings is 2. The first-order valence-corrected chi connectivity index (χ1v) is 7.20. The van der Waals surface area contributed by atoms with E-state index in [4.69, 9.17) is 9.47 Å². The quantitative estimate of drug-likeness (QED) is 0.748. The maximum Gasteiger partial charge on any atom is 0.289 e. The molecule has 2 aromatic carbocycles. The van der Waals surface area contributed by atoms with E-state index in [1.807, 2.05) is 48.5 Å². The van der Waals surface area contributed by atoms with Gasteiger partial charge in [-0.15, -0.1) is 0 Å². The van der Waals surface area contributed by atoms with Crippen LogP contribution in [-0.4, -0.2) is 16.2 Å². The zero-order chi connectivity index (χ0) is 15.2. The third-order valence-corrected chi connectivity index (χ3v) is 3.93. The Kier molecular flexibility index (Phi) is 2.81. The zero-order valence-corrected chi connectivity index (χ0v) is 12.1. The molecule has 0 spiro atoms. The lowest BCUT2D eigenvalue weighted by molar-refractivity contribution is -0.219. The Bertz CT molecular complexity index is 848. The van der Waals surface area contributed by atoms with Crippen molar-refractivity contribution in [1.82, 2.24) is 4.98 Å². The lowest BCUT2D eigenvalue weighted by Gasteiger charge is -2.38. The predicted octanol–water partition coefficient (Wildman–Crippen LogP) is 3.24. The van der Waals surface area contributed by atoms with Crippen LogP contribution in [0.4, 0.5) is 0 Å². The summed E-state index contributed by atoms with van der Waals surface area (Å²) in [6.45, 7) is 1.77. The molecule has 0 unspecified atom stereocenters. The monoisotopic (exact) mass is 293 g/mol. The molecule has 0 radical (unpaired) electrons. The third-order valence-electron chi connectivity index (χ3n) is 3.93. The number of hydrogen-bond acceptors (Lipinski definition) is 4. The summed E-state index contributed by atoms with van der Waals surface area (Å²) in [5, 5.41) is 12.0. The van der Waals surface area contributed by atoms with Crippen molar-refractivity contribution >= 4 is 10.9 Å². The summed E-state index contributed by atoms with van der Waals surface area (Å²) in [5.74, 6) is -0.475. The number of pyridine rings is 1. The summed E-state index contributed by atoms with van der Waals surface area (Å²) in [6, 6.07) is 18.8. The molecule has 0 saturated carbocycles. The first kappa shape index (κ1) is 13.1. The molecule has 22 heavy (non-hydrogen) atoms. The SMILES string of the molecule is C[C@@H]1Oc2ccccc2O[C@]1(O)c1ccc2ccccc2n1. The molecule has 0 aliphatic carbocycles. The molecular formula is C18H15NO3. The van der Waals surface area contributed by atoms with E-state index in [1.54, 1.807) is 19.1 Å². The molecule has 0 saturated heterocycles. The molecule has 3 aromatic rings. The summed E-state index contributed by atoms with van der Waals surface area (Å²) >= 11 is 0. The van der Waals surface area contributed by atoms with Crippen molar-refractivity contribution in [3.05, 3.63) is 66.4 Å². The highest BCUT2D eigenvalue weighted by Gasteiger charge is 2.45. The van der Waals surface area contributed by atoms with Crippen LogP contribution in [0, 0.1) is 0 Å². The van der Waals surface area contributed by atoms with E-state index in [9.17, 15) is 5.11 Å². The van der Waals surface area contributed by atoms with E-state index < -0.39 is 11.9 Å². The zero-order valence-electron chi connectivity index (χ0n) is 12.1. The molecule has 0 fully saturated rings. The van der Waals surface area contributed by atoms with Gasteiger partial charge in [0.15, 0.2) is 17.6 Å². The van der Waals surface area contributed by atoms with Gasteiger partial charge in [-0.2, -0.15) is 0 Å². The Balaban J connectivity index is 1.82. The number of fused-ring (bicyclic) bond motifs is 2. The van der Waals surface area contributed by atoms with Gasteiger partial charge < -0.3 is 14.6 Å². The van der Waals surface area contributed by atoms with Crippen LogP contribution in [-0.2, 0) is 5.79 Å². The highest BCUT2D eigenvalue weighted by atomic mass is 16.7. The standard InChI is InChI=1S/C18H15NO3/c1-12-18(20,22-16-9-5-4-8-15(16)21-12)17-11-10-13-6-2-3-7-14(13)19-17/h2-12,20H,1H3/t12-,18-/m0/s1. The van der Waals surface area contributed by atoms with Gasteiger partial charge in [0.25, 0.3) is 5.79 Å². The third kappa shape index (κ3) is 1.92. The van der Waals surface area contributed by atoms with Gasteiger partial charge >= 0.3 is 0 Å². The maximum atomic E-state index is 11.0. The molecule has 1 aromatic heterocycles.